The fourth-order valence-electron chi connectivity index (χ4n) is 2.83. The van der Waals surface area contributed by atoms with Gasteiger partial charge in [-0.25, -0.2) is 0 Å². The maximum Gasteiger partial charge on any atom is 0.00221 e. The summed E-state index contributed by atoms with van der Waals surface area (Å²) in [6.07, 6.45) is 5.78. The summed E-state index contributed by atoms with van der Waals surface area (Å²) in [5, 5.41) is 0.730. The van der Waals surface area contributed by atoms with Crippen molar-refractivity contribution >= 4 is 12.6 Å². The summed E-state index contributed by atoms with van der Waals surface area (Å²) in [6, 6.07) is 0. The van der Waals surface area contributed by atoms with E-state index in [1.165, 1.54) is 25.7 Å². The second-order valence-electron chi connectivity index (χ2n) is 4.20. The highest BCUT2D eigenvalue weighted by atomic mass is 32.1. The van der Waals surface area contributed by atoms with Gasteiger partial charge in [0.2, 0.25) is 0 Å². The third-order valence-corrected chi connectivity index (χ3v) is 3.75. The minimum Gasteiger partial charge on any atom is -0.176 e. The zero-order valence-corrected chi connectivity index (χ0v) is 7.48. The van der Waals surface area contributed by atoms with E-state index in [4.69, 9.17) is 0 Å². The second-order valence-corrected chi connectivity index (χ2v) is 4.93. The normalized spacial score (nSPS) is 53.4. The van der Waals surface area contributed by atoms with Crippen molar-refractivity contribution in [1.82, 2.24) is 0 Å². The van der Waals surface area contributed by atoms with Gasteiger partial charge in [-0.1, -0.05) is 6.92 Å². The fraction of sp³-hybridized carbons (Fsp3) is 1.00. The lowest BCUT2D eigenvalue weighted by molar-refractivity contribution is 0.344. The van der Waals surface area contributed by atoms with Crippen molar-refractivity contribution in [3.05, 3.63) is 0 Å². The Hall–Kier alpha value is 0.350. The van der Waals surface area contributed by atoms with E-state index in [1.54, 1.807) is 0 Å². The molecule has 0 radical (unpaired) electrons. The van der Waals surface area contributed by atoms with Crippen molar-refractivity contribution in [2.75, 3.05) is 0 Å². The summed E-state index contributed by atoms with van der Waals surface area (Å²) in [6.45, 7) is 2.41. The highest BCUT2D eigenvalue weighted by Crippen LogP contribution is 2.46. The van der Waals surface area contributed by atoms with Gasteiger partial charge in [0.15, 0.2) is 0 Å². The largest absolute Gasteiger partial charge is 0.176 e. The predicted octanol–water partition coefficient (Wildman–Crippen LogP) is 2.74. The Balaban J connectivity index is 2.06. The summed E-state index contributed by atoms with van der Waals surface area (Å²) in [5.74, 6) is 3.07. The smallest absolute Gasteiger partial charge is 0.00221 e. The zero-order valence-electron chi connectivity index (χ0n) is 6.59. The van der Waals surface area contributed by atoms with Gasteiger partial charge in [0.05, 0.1) is 0 Å². The van der Waals surface area contributed by atoms with Crippen LogP contribution in [0.5, 0.6) is 0 Å². The van der Waals surface area contributed by atoms with Gasteiger partial charge in [0, 0.05) is 5.25 Å². The van der Waals surface area contributed by atoms with E-state index < -0.39 is 0 Å². The molecule has 0 aliphatic heterocycles. The van der Waals surface area contributed by atoms with Crippen molar-refractivity contribution in [3.8, 4) is 0 Å². The average molecular weight is 156 g/mol. The van der Waals surface area contributed by atoms with E-state index in [-0.39, 0.29) is 0 Å². The molecule has 4 unspecified atom stereocenters. The molecule has 2 aliphatic rings. The molecule has 0 amide bonds. The van der Waals surface area contributed by atoms with Crippen molar-refractivity contribution in [1.29, 1.82) is 0 Å². The van der Waals surface area contributed by atoms with Crippen LogP contribution in [0.3, 0.4) is 0 Å². The van der Waals surface area contributed by atoms with Gasteiger partial charge in [0.1, 0.15) is 0 Å². The van der Waals surface area contributed by atoms with Gasteiger partial charge >= 0.3 is 0 Å². The van der Waals surface area contributed by atoms with E-state index >= 15 is 0 Å². The van der Waals surface area contributed by atoms with Gasteiger partial charge in [-0.15, -0.1) is 0 Å². The summed E-state index contributed by atoms with van der Waals surface area (Å²) >= 11 is 4.56. The molecule has 0 aromatic carbocycles. The number of thiol groups is 1. The molecule has 0 nitrogen and oxygen atoms in total. The first-order chi connectivity index (χ1) is 4.75. The lowest BCUT2D eigenvalue weighted by Crippen LogP contribution is -2.16. The standard InChI is InChI=1S/C9H16S/c1-6-2-7-3-8(6)5-9(10)4-7/h6-10H,2-5H2,1H3. The molecule has 1 heteroatoms. The molecule has 0 N–H and O–H groups in total. The molecule has 10 heavy (non-hydrogen) atoms. The predicted molar refractivity (Wildman–Crippen MR) is 47.4 cm³/mol. The Morgan fingerprint density at radius 3 is 2.60 bits per heavy atom. The number of fused-ring (bicyclic) bond motifs is 2. The maximum atomic E-state index is 4.56. The summed E-state index contributed by atoms with van der Waals surface area (Å²) < 4.78 is 0. The monoisotopic (exact) mass is 156 g/mol. The minimum atomic E-state index is 0.730. The molecule has 0 aromatic rings. The van der Waals surface area contributed by atoms with Crippen LogP contribution < -0.4 is 0 Å². The Morgan fingerprint density at radius 2 is 1.90 bits per heavy atom. The van der Waals surface area contributed by atoms with Crippen LogP contribution >= 0.6 is 12.6 Å². The highest BCUT2D eigenvalue weighted by Gasteiger charge is 2.37. The molecular formula is C9H16S. The quantitative estimate of drug-likeness (QED) is 0.512. The van der Waals surface area contributed by atoms with Crippen molar-refractivity contribution in [2.24, 2.45) is 17.8 Å². The van der Waals surface area contributed by atoms with Gasteiger partial charge in [0.25, 0.3) is 0 Å². The number of rotatable bonds is 0. The Labute approximate surface area is 68.8 Å². The first-order valence-electron chi connectivity index (χ1n) is 4.43. The van der Waals surface area contributed by atoms with Gasteiger partial charge < -0.3 is 0 Å². The Kier molecular flexibility index (Phi) is 1.71. The van der Waals surface area contributed by atoms with Crippen molar-refractivity contribution in [2.45, 2.75) is 37.9 Å². The highest BCUT2D eigenvalue weighted by molar-refractivity contribution is 7.80. The third kappa shape index (κ3) is 1.09. The molecule has 0 spiro atoms. The van der Waals surface area contributed by atoms with E-state index in [0.717, 1.165) is 23.0 Å². The first kappa shape index (κ1) is 7.02. The summed E-state index contributed by atoms with van der Waals surface area (Å²) in [4.78, 5) is 0. The SMILES string of the molecule is CC1CC2CC(S)CC1C2. The van der Waals surface area contributed by atoms with Gasteiger partial charge in [-0.2, -0.15) is 12.6 Å². The molecule has 58 valence electrons. The molecule has 0 heterocycles. The Morgan fingerprint density at radius 1 is 1.10 bits per heavy atom. The Bertz CT molecular complexity index is 128. The second kappa shape index (κ2) is 2.44. The molecule has 2 fully saturated rings. The fourth-order valence-corrected chi connectivity index (χ4v) is 3.40. The first-order valence-corrected chi connectivity index (χ1v) is 4.95. The van der Waals surface area contributed by atoms with Crippen molar-refractivity contribution in [3.63, 3.8) is 0 Å². The number of hydrogen-bond donors (Lipinski definition) is 1. The molecule has 2 saturated carbocycles. The molecule has 2 rings (SSSR count). The van der Waals surface area contributed by atoms with Crippen LogP contribution in [0, 0.1) is 17.8 Å². The van der Waals surface area contributed by atoms with E-state index in [2.05, 4.69) is 19.6 Å². The van der Waals surface area contributed by atoms with Gasteiger partial charge in [-0.3, -0.25) is 0 Å². The van der Waals surface area contributed by atoms with Crippen LogP contribution in [0.1, 0.15) is 32.6 Å². The number of hydrogen-bond acceptors (Lipinski definition) is 1. The molecule has 0 saturated heterocycles. The maximum absolute atomic E-state index is 4.56. The van der Waals surface area contributed by atoms with Crippen LogP contribution in [0.2, 0.25) is 0 Å². The molecular weight excluding hydrogens is 140 g/mol. The van der Waals surface area contributed by atoms with Crippen LogP contribution in [0.15, 0.2) is 0 Å². The lowest BCUT2D eigenvalue weighted by atomic mass is 9.87. The third-order valence-electron chi connectivity index (χ3n) is 3.33. The van der Waals surface area contributed by atoms with Crippen LogP contribution in [0.25, 0.3) is 0 Å². The molecule has 0 aromatic heterocycles. The molecule has 4 atom stereocenters. The van der Waals surface area contributed by atoms with Crippen LogP contribution in [-0.4, -0.2) is 5.25 Å². The average Bonchev–Trinajstić information content (AvgIpc) is 2.07. The van der Waals surface area contributed by atoms with E-state index in [9.17, 15) is 0 Å². The molecule has 2 bridgehead atoms. The van der Waals surface area contributed by atoms with E-state index in [1.807, 2.05) is 0 Å². The summed E-state index contributed by atoms with van der Waals surface area (Å²) in [5.41, 5.74) is 0. The molecule has 2 aliphatic carbocycles. The van der Waals surface area contributed by atoms with E-state index in [0.29, 0.717) is 0 Å². The van der Waals surface area contributed by atoms with Crippen LogP contribution in [-0.2, 0) is 0 Å². The topological polar surface area (TPSA) is 0 Å². The minimum absolute atomic E-state index is 0.730. The zero-order chi connectivity index (χ0) is 7.14. The lowest BCUT2D eigenvalue weighted by Gasteiger charge is -2.24. The summed E-state index contributed by atoms with van der Waals surface area (Å²) in [7, 11) is 0. The van der Waals surface area contributed by atoms with Crippen molar-refractivity contribution < 1.29 is 0 Å². The van der Waals surface area contributed by atoms with Gasteiger partial charge in [-0.05, 0) is 43.4 Å². The van der Waals surface area contributed by atoms with Crippen LogP contribution in [0.4, 0.5) is 0 Å².